The fourth-order valence-corrected chi connectivity index (χ4v) is 4.34. The van der Waals surface area contributed by atoms with Crippen LogP contribution in [-0.2, 0) is 11.8 Å². The molecule has 0 bridgehead atoms. The van der Waals surface area contributed by atoms with Crippen molar-refractivity contribution in [3.05, 3.63) is 109 Å². The number of ether oxygens (including phenoxy) is 2. The second-order valence-electron chi connectivity index (χ2n) is 9.21. The zero-order valence-corrected chi connectivity index (χ0v) is 21.7. The second kappa shape index (κ2) is 10.8. The van der Waals surface area contributed by atoms with E-state index in [-0.39, 0.29) is 11.4 Å². The van der Waals surface area contributed by atoms with Crippen LogP contribution in [0.25, 0.3) is 11.3 Å². The minimum Gasteiger partial charge on any atom is -0.457 e. The first-order chi connectivity index (χ1) is 19.9. The number of rotatable bonds is 7. The summed E-state index contributed by atoms with van der Waals surface area (Å²) < 4.78 is 28.1. The van der Waals surface area contributed by atoms with Crippen molar-refractivity contribution in [2.24, 2.45) is 7.05 Å². The molecule has 0 saturated heterocycles. The summed E-state index contributed by atoms with van der Waals surface area (Å²) in [6.07, 6.45) is 5.04. The lowest BCUT2D eigenvalue weighted by Gasteiger charge is -2.14. The highest BCUT2D eigenvalue weighted by molar-refractivity contribution is 6.05. The predicted octanol–water partition coefficient (Wildman–Crippen LogP) is 6.02. The molecule has 1 unspecified atom stereocenters. The number of anilines is 2. The van der Waals surface area contributed by atoms with Crippen LogP contribution in [0.1, 0.15) is 11.6 Å². The average molecular weight is 551 g/mol. The van der Waals surface area contributed by atoms with Gasteiger partial charge in [-0.15, -0.1) is 0 Å². The summed E-state index contributed by atoms with van der Waals surface area (Å²) in [5, 5.41) is 12.1. The van der Waals surface area contributed by atoms with Crippen molar-refractivity contribution in [2.75, 3.05) is 10.6 Å². The molecule has 11 heteroatoms. The molecule has 3 amide bonds. The number of hydrogen-bond donors (Lipinski definition) is 3. The molecule has 6 rings (SSSR count). The van der Waals surface area contributed by atoms with Gasteiger partial charge in [-0.05, 0) is 48.5 Å². The Morgan fingerprint density at radius 1 is 0.976 bits per heavy atom. The molecule has 3 aromatic carbocycles. The Morgan fingerprint density at radius 2 is 1.80 bits per heavy atom. The molecular formula is C30H23FN6O4. The number of nitrogens with one attached hydrogen (secondary N) is 3. The van der Waals surface area contributed by atoms with Gasteiger partial charge in [0.05, 0.1) is 11.9 Å². The van der Waals surface area contributed by atoms with Gasteiger partial charge >= 0.3 is 6.03 Å². The summed E-state index contributed by atoms with van der Waals surface area (Å²) in [5.74, 6) is 0.420. The van der Waals surface area contributed by atoms with Gasteiger partial charge in [-0.1, -0.05) is 18.2 Å². The van der Waals surface area contributed by atoms with E-state index in [9.17, 15) is 14.0 Å². The van der Waals surface area contributed by atoms with Gasteiger partial charge in [-0.25, -0.2) is 9.18 Å². The van der Waals surface area contributed by atoms with E-state index < -0.39 is 23.8 Å². The second-order valence-corrected chi connectivity index (χ2v) is 9.21. The molecule has 2 aromatic heterocycles. The number of amides is 3. The maximum Gasteiger partial charge on any atom is 0.320 e. The number of benzene rings is 3. The quantitative estimate of drug-likeness (QED) is 0.228. The Kier molecular flexibility index (Phi) is 6.74. The van der Waals surface area contributed by atoms with Crippen LogP contribution >= 0.6 is 0 Å². The van der Waals surface area contributed by atoms with E-state index in [1.165, 1.54) is 12.1 Å². The van der Waals surface area contributed by atoms with E-state index in [4.69, 9.17) is 9.47 Å². The van der Waals surface area contributed by atoms with E-state index in [1.807, 2.05) is 36.5 Å². The molecular weight excluding hydrogens is 527 g/mol. The molecule has 41 heavy (non-hydrogen) atoms. The number of carbonyl (C=O) groups excluding carboxylic acids is 2. The Hall–Kier alpha value is -5.71. The van der Waals surface area contributed by atoms with Gasteiger partial charge in [0.1, 0.15) is 23.3 Å². The smallest absolute Gasteiger partial charge is 0.320 e. The minimum atomic E-state index is -0.961. The molecule has 5 aromatic rings. The molecule has 1 atom stereocenters. The molecule has 1 aliphatic rings. The van der Waals surface area contributed by atoms with Gasteiger partial charge in [-0.2, -0.15) is 5.10 Å². The average Bonchev–Trinajstić information content (AvgIpc) is 3.53. The van der Waals surface area contributed by atoms with E-state index in [2.05, 4.69) is 26.0 Å². The molecule has 0 saturated carbocycles. The van der Waals surface area contributed by atoms with Crippen LogP contribution in [0.15, 0.2) is 97.5 Å². The van der Waals surface area contributed by atoms with Crippen LogP contribution in [0.2, 0.25) is 0 Å². The Morgan fingerprint density at radius 3 is 2.59 bits per heavy atom. The van der Waals surface area contributed by atoms with Crippen molar-refractivity contribution in [2.45, 2.75) is 6.04 Å². The summed E-state index contributed by atoms with van der Waals surface area (Å²) >= 11 is 0. The number of carbonyl (C=O) groups is 2. The highest BCUT2D eigenvalue weighted by atomic mass is 19.1. The first kappa shape index (κ1) is 25.6. The van der Waals surface area contributed by atoms with Crippen LogP contribution in [0.5, 0.6) is 23.0 Å². The van der Waals surface area contributed by atoms with Crippen molar-refractivity contribution < 1.29 is 23.5 Å². The van der Waals surface area contributed by atoms with E-state index in [1.54, 1.807) is 54.5 Å². The summed E-state index contributed by atoms with van der Waals surface area (Å²) in [7, 11) is 1.80. The van der Waals surface area contributed by atoms with Crippen molar-refractivity contribution in [1.82, 2.24) is 20.1 Å². The highest BCUT2D eigenvalue weighted by Crippen LogP contribution is 2.35. The highest BCUT2D eigenvalue weighted by Gasteiger charge is 2.32. The molecule has 3 N–H and O–H groups in total. The third kappa shape index (κ3) is 5.69. The summed E-state index contributed by atoms with van der Waals surface area (Å²) in [6, 6.07) is 20.0. The number of aryl methyl sites for hydroxylation is 1. The Labute approximate surface area is 233 Å². The Balaban J connectivity index is 1.11. The molecule has 204 valence electrons. The van der Waals surface area contributed by atoms with Gasteiger partial charge in [0.2, 0.25) is 0 Å². The van der Waals surface area contributed by atoms with Crippen molar-refractivity contribution in [3.8, 4) is 34.3 Å². The van der Waals surface area contributed by atoms with E-state index >= 15 is 0 Å². The van der Waals surface area contributed by atoms with Crippen LogP contribution < -0.4 is 25.4 Å². The van der Waals surface area contributed by atoms with Crippen LogP contribution in [-0.4, -0.2) is 26.7 Å². The topological polar surface area (TPSA) is 119 Å². The monoisotopic (exact) mass is 550 g/mol. The maximum absolute atomic E-state index is 14.9. The van der Waals surface area contributed by atoms with Gasteiger partial charge < -0.3 is 25.4 Å². The van der Waals surface area contributed by atoms with E-state index in [0.29, 0.717) is 34.2 Å². The third-order valence-electron chi connectivity index (χ3n) is 6.26. The van der Waals surface area contributed by atoms with Crippen LogP contribution in [0.4, 0.5) is 20.6 Å². The van der Waals surface area contributed by atoms with Crippen molar-refractivity contribution in [1.29, 1.82) is 0 Å². The summed E-state index contributed by atoms with van der Waals surface area (Å²) in [4.78, 5) is 29.7. The Bertz CT molecular complexity index is 1760. The van der Waals surface area contributed by atoms with Crippen molar-refractivity contribution >= 4 is 23.3 Å². The number of nitrogens with zero attached hydrogens (tertiary/aromatic N) is 3. The number of para-hydroxylation sites is 1. The molecule has 0 aliphatic carbocycles. The van der Waals surface area contributed by atoms with Gasteiger partial charge in [0, 0.05) is 54.1 Å². The molecule has 0 radical (unpaired) electrons. The first-order valence-corrected chi connectivity index (χ1v) is 12.6. The SMILES string of the molecule is Cn1cc(-c2cc(Oc3ccc(NC(=O)NC4C(=O)Nc5ccc(Oc6ccccc6)cc54)cc3F)ccn2)cn1. The lowest BCUT2D eigenvalue weighted by molar-refractivity contribution is -0.117. The molecule has 0 spiro atoms. The number of urea groups is 1. The molecule has 10 nitrogen and oxygen atoms in total. The standard InChI is InChI=1S/C30H23FN6O4/c1-37-17-18(16-33-37)26-15-22(11-12-32-26)41-27-10-7-19(13-24(27)31)34-30(39)36-28-23-14-21(8-9-25(23)35-29(28)38)40-20-5-3-2-4-6-20/h2-17,28H,1H3,(H,35,38)(H2,34,36,39). The summed E-state index contributed by atoms with van der Waals surface area (Å²) in [5.41, 5.74) is 2.72. The molecule has 1 aliphatic heterocycles. The molecule has 3 heterocycles. The van der Waals surface area contributed by atoms with Crippen LogP contribution in [0, 0.1) is 5.82 Å². The third-order valence-corrected chi connectivity index (χ3v) is 6.26. The normalized spacial score (nSPS) is 13.7. The zero-order chi connectivity index (χ0) is 28.3. The zero-order valence-electron chi connectivity index (χ0n) is 21.7. The van der Waals surface area contributed by atoms with Gasteiger partial charge in [0.25, 0.3) is 5.91 Å². The largest absolute Gasteiger partial charge is 0.457 e. The number of fused-ring (bicyclic) bond motifs is 1. The number of aromatic nitrogens is 3. The van der Waals surface area contributed by atoms with Gasteiger partial charge in [0.15, 0.2) is 11.6 Å². The number of halogens is 1. The number of hydrogen-bond acceptors (Lipinski definition) is 6. The number of pyridine rings is 1. The van der Waals surface area contributed by atoms with E-state index in [0.717, 1.165) is 11.6 Å². The lowest BCUT2D eigenvalue weighted by atomic mass is 10.1. The fraction of sp³-hybridized carbons (Fsp3) is 0.0667. The van der Waals surface area contributed by atoms with Crippen LogP contribution in [0.3, 0.4) is 0 Å². The molecule has 0 fully saturated rings. The van der Waals surface area contributed by atoms with Crippen molar-refractivity contribution in [3.63, 3.8) is 0 Å². The fourth-order valence-electron chi connectivity index (χ4n) is 4.34. The summed E-state index contributed by atoms with van der Waals surface area (Å²) in [6.45, 7) is 0. The minimum absolute atomic E-state index is 0.0330. The lowest BCUT2D eigenvalue weighted by Crippen LogP contribution is -2.36. The first-order valence-electron chi connectivity index (χ1n) is 12.6. The predicted molar refractivity (Wildman–Crippen MR) is 149 cm³/mol. The van der Waals surface area contributed by atoms with Gasteiger partial charge in [-0.3, -0.25) is 14.5 Å². The maximum atomic E-state index is 14.9.